The summed E-state index contributed by atoms with van der Waals surface area (Å²) in [5, 5.41) is 13.8. The van der Waals surface area contributed by atoms with E-state index in [1.807, 2.05) is 6.07 Å². The molecule has 0 saturated heterocycles. The van der Waals surface area contributed by atoms with E-state index in [0.29, 0.717) is 17.8 Å². The molecule has 2 N–H and O–H groups in total. The van der Waals surface area contributed by atoms with Crippen LogP contribution in [0.3, 0.4) is 0 Å². The molecule has 0 saturated carbocycles. The Hall–Kier alpha value is -2.47. The van der Waals surface area contributed by atoms with E-state index in [-0.39, 0.29) is 11.2 Å². The van der Waals surface area contributed by atoms with Crippen LogP contribution < -0.4 is 10.9 Å². The summed E-state index contributed by atoms with van der Waals surface area (Å²) in [6.07, 6.45) is 1.01. The van der Waals surface area contributed by atoms with Crippen LogP contribution in [0, 0.1) is 10.1 Å². The van der Waals surface area contributed by atoms with Gasteiger partial charge < -0.3 is 10.3 Å². The lowest BCUT2D eigenvalue weighted by Crippen LogP contribution is -2.21. The van der Waals surface area contributed by atoms with Gasteiger partial charge in [-0.1, -0.05) is 13.0 Å². The number of aromatic amines is 1. The van der Waals surface area contributed by atoms with Gasteiger partial charge in [0.05, 0.1) is 4.92 Å². The predicted octanol–water partition coefficient (Wildman–Crippen LogP) is 2.45. The predicted molar refractivity (Wildman–Crippen MR) is 81.2 cm³/mol. The van der Waals surface area contributed by atoms with Crippen molar-refractivity contribution in [1.82, 2.24) is 10.3 Å². The molecule has 6 heteroatoms. The van der Waals surface area contributed by atoms with Gasteiger partial charge in [0.1, 0.15) is 0 Å². The fourth-order valence-electron chi connectivity index (χ4n) is 1.97. The first-order valence-electron chi connectivity index (χ1n) is 6.79. The molecule has 1 heterocycles. The highest BCUT2D eigenvalue weighted by Crippen LogP contribution is 2.19. The number of non-ortho nitro benzene ring substituents is 1. The molecule has 110 valence electrons. The van der Waals surface area contributed by atoms with Crippen LogP contribution in [0.5, 0.6) is 0 Å². The molecule has 0 fully saturated rings. The van der Waals surface area contributed by atoms with Crippen molar-refractivity contribution in [1.29, 1.82) is 0 Å². The molecule has 6 nitrogen and oxygen atoms in total. The van der Waals surface area contributed by atoms with Crippen LogP contribution in [-0.4, -0.2) is 16.5 Å². The Morgan fingerprint density at radius 2 is 1.90 bits per heavy atom. The summed E-state index contributed by atoms with van der Waals surface area (Å²) < 4.78 is 0. The fourth-order valence-corrected chi connectivity index (χ4v) is 1.97. The van der Waals surface area contributed by atoms with E-state index in [1.54, 1.807) is 18.2 Å². The highest BCUT2D eigenvalue weighted by molar-refractivity contribution is 5.60. The Kier molecular flexibility index (Phi) is 4.84. The average molecular weight is 287 g/mol. The van der Waals surface area contributed by atoms with Crippen LogP contribution in [0.1, 0.15) is 18.9 Å². The second kappa shape index (κ2) is 6.81. The maximum atomic E-state index is 12.0. The normalized spacial score (nSPS) is 10.5. The number of hydrogen-bond donors (Lipinski definition) is 2. The van der Waals surface area contributed by atoms with E-state index in [0.717, 1.165) is 18.5 Å². The molecule has 0 atom stereocenters. The second-order valence-corrected chi connectivity index (χ2v) is 4.71. The van der Waals surface area contributed by atoms with Crippen molar-refractivity contribution in [3.8, 4) is 11.3 Å². The zero-order valence-electron chi connectivity index (χ0n) is 11.8. The van der Waals surface area contributed by atoms with Crippen molar-refractivity contribution < 1.29 is 4.92 Å². The summed E-state index contributed by atoms with van der Waals surface area (Å²) in [6.45, 7) is 3.46. The second-order valence-electron chi connectivity index (χ2n) is 4.71. The molecule has 0 unspecified atom stereocenters. The number of rotatable bonds is 6. The molecule has 0 spiro atoms. The van der Waals surface area contributed by atoms with Gasteiger partial charge in [0, 0.05) is 29.9 Å². The topological polar surface area (TPSA) is 88.0 Å². The number of nitrogens with zero attached hydrogens (tertiary/aromatic N) is 1. The number of benzene rings is 1. The lowest BCUT2D eigenvalue weighted by atomic mass is 10.1. The minimum absolute atomic E-state index is 0.0292. The smallest absolute Gasteiger partial charge is 0.269 e. The van der Waals surface area contributed by atoms with E-state index < -0.39 is 4.92 Å². The van der Waals surface area contributed by atoms with Gasteiger partial charge in [0.2, 0.25) is 0 Å². The minimum atomic E-state index is -0.449. The molecule has 1 aromatic carbocycles. The van der Waals surface area contributed by atoms with Crippen LogP contribution in [0.2, 0.25) is 0 Å². The van der Waals surface area contributed by atoms with Gasteiger partial charge in [0.25, 0.3) is 11.2 Å². The van der Waals surface area contributed by atoms with Gasteiger partial charge in [0.15, 0.2) is 0 Å². The van der Waals surface area contributed by atoms with Crippen LogP contribution >= 0.6 is 0 Å². The van der Waals surface area contributed by atoms with Crippen molar-refractivity contribution >= 4 is 5.69 Å². The average Bonchev–Trinajstić information content (AvgIpc) is 2.49. The van der Waals surface area contributed by atoms with Crippen LogP contribution in [-0.2, 0) is 6.54 Å². The molecular weight excluding hydrogens is 270 g/mol. The van der Waals surface area contributed by atoms with E-state index >= 15 is 0 Å². The number of H-pyrrole nitrogens is 1. The lowest BCUT2D eigenvalue weighted by Gasteiger charge is -2.05. The molecular formula is C15H17N3O3. The van der Waals surface area contributed by atoms with Crippen LogP contribution in [0.15, 0.2) is 41.2 Å². The quantitative estimate of drug-likeness (QED) is 0.485. The van der Waals surface area contributed by atoms with Gasteiger partial charge >= 0.3 is 0 Å². The monoisotopic (exact) mass is 287 g/mol. The number of nitro groups is 1. The van der Waals surface area contributed by atoms with Crippen molar-refractivity contribution in [2.24, 2.45) is 0 Å². The fraction of sp³-hybridized carbons (Fsp3) is 0.267. The Morgan fingerprint density at radius 3 is 2.48 bits per heavy atom. The Morgan fingerprint density at radius 1 is 1.19 bits per heavy atom. The van der Waals surface area contributed by atoms with Crippen molar-refractivity contribution in [2.75, 3.05) is 6.54 Å². The first-order chi connectivity index (χ1) is 10.1. The number of aromatic nitrogens is 1. The zero-order chi connectivity index (χ0) is 15.2. The zero-order valence-corrected chi connectivity index (χ0v) is 11.8. The third-order valence-electron chi connectivity index (χ3n) is 3.12. The summed E-state index contributed by atoms with van der Waals surface area (Å²) in [5.41, 5.74) is 1.95. The summed E-state index contributed by atoms with van der Waals surface area (Å²) >= 11 is 0. The lowest BCUT2D eigenvalue weighted by molar-refractivity contribution is -0.384. The van der Waals surface area contributed by atoms with Gasteiger partial charge in [-0.25, -0.2) is 0 Å². The third-order valence-corrected chi connectivity index (χ3v) is 3.12. The molecule has 0 amide bonds. The molecule has 0 aliphatic carbocycles. The third kappa shape index (κ3) is 3.76. The van der Waals surface area contributed by atoms with E-state index in [9.17, 15) is 14.9 Å². The summed E-state index contributed by atoms with van der Waals surface area (Å²) in [4.78, 5) is 24.9. The Balaban J connectivity index is 2.19. The molecule has 0 radical (unpaired) electrons. The van der Waals surface area contributed by atoms with Crippen molar-refractivity contribution in [3.63, 3.8) is 0 Å². The number of pyridine rings is 1. The van der Waals surface area contributed by atoms with E-state index in [1.165, 1.54) is 12.1 Å². The van der Waals surface area contributed by atoms with Crippen molar-refractivity contribution in [2.45, 2.75) is 19.9 Å². The number of hydrogen-bond acceptors (Lipinski definition) is 4. The molecule has 1 aromatic heterocycles. The minimum Gasteiger partial charge on any atom is -0.322 e. The largest absolute Gasteiger partial charge is 0.322 e. The summed E-state index contributed by atoms with van der Waals surface area (Å²) in [6, 6.07) is 9.68. The molecule has 2 aromatic rings. The van der Waals surface area contributed by atoms with Gasteiger partial charge in [-0.15, -0.1) is 0 Å². The standard InChI is InChI=1S/C15H17N3O3/c1-2-9-16-10-12-5-8-14(17-15(12)19)11-3-6-13(7-4-11)18(20)21/h3-8,16H,2,9-10H2,1H3,(H,17,19). The molecule has 2 rings (SSSR count). The van der Waals surface area contributed by atoms with Crippen LogP contribution in [0.25, 0.3) is 11.3 Å². The maximum absolute atomic E-state index is 12.0. The molecule has 0 bridgehead atoms. The van der Waals surface area contributed by atoms with E-state index in [2.05, 4.69) is 17.2 Å². The van der Waals surface area contributed by atoms with E-state index in [4.69, 9.17) is 0 Å². The SMILES string of the molecule is CCCNCc1ccc(-c2ccc([N+](=O)[O-])cc2)[nH]c1=O. The van der Waals surface area contributed by atoms with Crippen molar-refractivity contribution in [3.05, 3.63) is 62.4 Å². The van der Waals surface area contributed by atoms with Crippen LogP contribution in [0.4, 0.5) is 5.69 Å². The first kappa shape index (κ1) is 14.9. The molecule has 21 heavy (non-hydrogen) atoms. The summed E-state index contributed by atoms with van der Waals surface area (Å²) in [7, 11) is 0. The van der Waals surface area contributed by atoms with Gasteiger partial charge in [-0.05, 0) is 36.7 Å². The summed E-state index contributed by atoms with van der Waals surface area (Å²) in [5.74, 6) is 0. The van der Waals surface area contributed by atoms with Gasteiger partial charge in [-0.3, -0.25) is 14.9 Å². The Bertz CT molecular complexity index is 677. The van der Waals surface area contributed by atoms with Gasteiger partial charge in [-0.2, -0.15) is 0 Å². The number of nitro benzene ring substituents is 1. The highest BCUT2D eigenvalue weighted by atomic mass is 16.6. The Labute approximate surface area is 122 Å². The first-order valence-corrected chi connectivity index (χ1v) is 6.79. The maximum Gasteiger partial charge on any atom is 0.269 e. The molecule has 0 aliphatic heterocycles. The number of nitrogens with one attached hydrogen (secondary N) is 2. The molecule has 0 aliphatic rings. The highest BCUT2D eigenvalue weighted by Gasteiger charge is 2.07.